The quantitative estimate of drug-likeness (QED) is 0.361. The third kappa shape index (κ3) is 4.07. The number of nitrogens with zero attached hydrogens (tertiary/aromatic N) is 1. The van der Waals surface area contributed by atoms with E-state index in [1.54, 1.807) is 54.6 Å². The van der Waals surface area contributed by atoms with Gasteiger partial charge < -0.3 is 15.8 Å². The lowest BCUT2D eigenvalue weighted by molar-refractivity contribution is 0.0602. The maximum atomic E-state index is 12.9. The fourth-order valence-corrected chi connectivity index (χ4v) is 4.44. The largest absolute Gasteiger partial charge is 0.465 e. The standard InChI is InChI=1S/C22H15Cl2N3O3S/c1-30-22(29)12-4-2-3-5-16(12)26-20(28)19-18(25)13-7-9-17(27-21(13)31-19)14-10-11(23)6-8-15(14)24/h2-10H,25H2,1H3,(H,26,28). The third-order valence-corrected chi connectivity index (χ3v) is 6.26. The number of anilines is 2. The van der Waals surface area contributed by atoms with Crippen LogP contribution in [0.4, 0.5) is 11.4 Å². The van der Waals surface area contributed by atoms with Crippen LogP contribution >= 0.6 is 34.5 Å². The Labute approximate surface area is 191 Å². The molecule has 9 heteroatoms. The number of thiophene rings is 1. The summed E-state index contributed by atoms with van der Waals surface area (Å²) in [6.45, 7) is 0. The molecule has 4 rings (SSSR count). The highest BCUT2D eigenvalue weighted by Gasteiger charge is 2.20. The normalized spacial score (nSPS) is 10.8. The zero-order chi connectivity index (χ0) is 22.1. The molecule has 0 saturated carbocycles. The number of carbonyl (C=O) groups is 2. The number of nitrogen functional groups attached to an aromatic ring is 1. The molecule has 0 unspecified atom stereocenters. The number of nitrogens with one attached hydrogen (secondary N) is 1. The van der Waals surface area contributed by atoms with E-state index in [0.29, 0.717) is 42.9 Å². The van der Waals surface area contributed by atoms with Crippen molar-refractivity contribution in [2.24, 2.45) is 0 Å². The summed E-state index contributed by atoms with van der Waals surface area (Å²) >= 11 is 13.5. The number of methoxy groups -OCH3 is 1. The lowest BCUT2D eigenvalue weighted by Gasteiger charge is -2.09. The molecule has 2 aromatic carbocycles. The van der Waals surface area contributed by atoms with Crippen molar-refractivity contribution in [1.82, 2.24) is 4.98 Å². The summed E-state index contributed by atoms with van der Waals surface area (Å²) in [5.74, 6) is -0.996. The van der Waals surface area contributed by atoms with Crippen LogP contribution in [0.25, 0.3) is 21.5 Å². The number of hydrogen-bond donors (Lipinski definition) is 2. The molecule has 0 saturated heterocycles. The summed E-state index contributed by atoms with van der Waals surface area (Å²) in [5.41, 5.74) is 8.41. The highest BCUT2D eigenvalue weighted by atomic mass is 35.5. The Morgan fingerprint density at radius 1 is 1.10 bits per heavy atom. The average molecular weight is 472 g/mol. The minimum absolute atomic E-state index is 0.244. The van der Waals surface area contributed by atoms with E-state index >= 15 is 0 Å². The second-order valence-corrected chi connectivity index (χ2v) is 8.35. The van der Waals surface area contributed by atoms with Crippen molar-refractivity contribution < 1.29 is 14.3 Å². The molecule has 4 aromatic rings. The number of ether oxygens (including phenoxy) is 1. The zero-order valence-electron chi connectivity index (χ0n) is 16.1. The van der Waals surface area contributed by atoms with Crippen molar-refractivity contribution in [3.8, 4) is 11.3 Å². The predicted octanol–water partition coefficient (Wildman–Crippen LogP) is 5.89. The van der Waals surface area contributed by atoms with Gasteiger partial charge in [-0.05, 0) is 42.5 Å². The molecule has 156 valence electrons. The second-order valence-electron chi connectivity index (χ2n) is 6.51. The number of amides is 1. The molecule has 0 atom stereocenters. The van der Waals surface area contributed by atoms with Gasteiger partial charge >= 0.3 is 5.97 Å². The summed E-state index contributed by atoms with van der Waals surface area (Å²) in [6.07, 6.45) is 0. The highest BCUT2D eigenvalue weighted by molar-refractivity contribution is 7.21. The summed E-state index contributed by atoms with van der Waals surface area (Å²) in [5, 5.41) is 4.43. The van der Waals surface area contributed by atoms with Gasteiger partial charge in [0.25, 0.3) is 5.91 Å². The first-order valence-electron chi connectivity index (χ1n) is 9.02. The van der Waals surface area contributed by atoms with Crippen molar-refractivity contribution in [2.75, 3.05) is 18.2 Å². The maximum Gasteiger partial charge on any atom is 0.339 e. The summed E-state index contributed by atoms with van der Waals surface area (Å²) in [6, 6.07) is 15.3. The van der Waals surface area contributed by atoms with E-state index in [1.807, 2.05) is 0 Å². The number of benzene rings is 2. The van der Waals surface area contributed by atoms with Crippen LogP contribution < -0.4 is 11.1 Å². The first-order valence-corrected chi connectivity index (χ1v) is 10.6. The molecule has 31 heavy (non-hydrogen) atoms. The van der Waals surface area contributed by atoms with Crippen molar-refractivity contribution in [3.05, 3.63) is 75.1 Å². The van der Waals surface area contributed by atoms with Crippen molar-refractivity contribution in [3.63, 3.8) is 0 Å². The molecule has 2 aromatic heterocycles. The van der Waals surface area contributed by atoms with Gasteiger partial charge in [0.2, 0.25) is 0 Å². The summed E-state index contributed by atoms with van der Waals surface area (Å²) in [7, 11) is 1.28. The fourth-order valence-electron chi connectivity index (χ4n) is 3.07. The Balaban J connectivity index is 1.71. The third-order valence-electron chi connectivity index (χ3n) is 4.58. The Morgan fingerprint density at radius 3 is 2.65 bits per heavy atom. The molecule has 0 aliphatic heterocycles. The van der Waals surface area contributed by atoms with Crippen LogP contribution in [-0.2, 0) is 4.74 Å². The van der Waals surface area contributed by atoms with E-state index in [2.05, 4.69) is 10.3 Å². The lowest BCUT2D eigenvalue weighted by Crippen LogP contribution is -2.15. The monoisotopic (exact) mass is 471 g/mol. The molecule has 0 fully saturated rings. The Bertz CT molecular complexity index is 1340. The molecular formula is C22H15Cl2N3O3S. The number of halogens is 2. The number of rotatable bonds is 4. The number of aromatic nitrogens is 1. The smallest absolute Gasteiger partial charge is 0.339 e. The van der Waals surface area contributed by atoms with Gasteiger partial charge in [0.15, 0.2) is 0 Å². The van der Waals surface area contributed by atoms with Crippen LogP contribution in [0.3, 0.4) is 0 Å². The minimum atomic E-state index is -0.551. The van der Waals surface area contributed by atoms with Gasteiger partial charge in [-0.15, -0.1) is 11.3 Å². The van der Waals surface area contributed by atoms with Crippen molar-refractivity contribution in [1.29, 1.82) is 0 Å². The van der Waals surface area contributed by atoms with Gasteiger partial charge in [0.05, 0.1) is 34.8 Å². The van der Waals surface area contributed by atoms with Crippen LogP contribution in [0, 0.1) is 0 Å². The number of pyridine rings is 1. The first-order chi connectivity index (χ1) is 14.9. The molecule has 1 amide bonds. The van der Waals surface area contributed by atoms with Crippen molar-refractivity contribution in [2.45, 2.75) is 0 Å². The number of para-hydroxylation sites is 1. The number of nitrogens with two attached hydrogens (primary N) is 1. The molecule has 0 aliphatic rings. The first kappa shape index (κ1) is 21.1. The van der Waals surface area contributed by atoms with E-state index in [9.17, 15) is 9.59 Å². The SMILES string of the molecule is COC(=O)c1ccccc1NC(=O)c1sc2nc(-c3cc(Cl)ccc3Cl)ccc2c1N. The fraction of sp³-hybridized carbons (Fsp3) is 0.0455. The molecule has 2 heterocycles. The average Bonchev–Trinajstić information content (AvgIpc) is 3.11. The van der Waals surface area contributed by atoms with E-state index in [1.165, 1.54) is 7.11 Å². The second kappa shape index (κ2) is 8.55. The van der Waals surface area contributed by atoms with Crippen LogP contribution in [-0.4, -0.2) is 24.0 Å². The van der Waals surface area contributed by atoms with E-state index in [0.717, 1.165) is 11.3 Å². The Morgan fingerprint density at radius 2 is 1.87 bits per heavy atom. The molecule has 3 N–H and O–H groups in total. The highest BCUT2D eigenvalue weighted by Crippen LogP contribution is 2.36. The van der Waals surface area contributed by atoms with Gasteiger partial charge in [-0.3, -0.25) is 4.79 Å². The van der Waals surface area contributed by atoms with Gasteiger partial charge in [0, 0.05) is 16.0 Å². The maximum absolute atomic E-state index is 12.9. The molecule has 0 bridgehead atoms. The van der Waals surface area contributed by atoms with Crippen LogP contribution in [0.1, 0.15) is 20.0 Å². The van der Waals surface area contributed by atoms with E-state index in [-0.39, 0.29) is 10.4 Å². The van der Waals surface area contributed by atoms with Gasteiger partial charge in [-0.25, -0.2) is 9.78 Å². The van der Waals surface area contributed by atoms with Gasteiger partial charge in [0.1, 0.15) is 9.71 Å². The Kier molecular flexibility index (Phi) is 5.82. The zero-order valence-corrected chi connectivity index (χ0v) is 18.4. The lowest BCUT2D eigenvalue weighted by atomic mass is 10.1. The van der Waals surface area contributed by atoms with Gasteiger partial charge in [-0.2, -0.15) is 0 Å². The van der Waals surface area contributed by atoms with Gasteiger partial charge in [-0.1, -0.05) is 35.3 Å². The number of fused-ring (bicyclic) bond motifs is 1. The summed E-state index contributed by atoms with van der Waals surface area (Å²) < 4.78 is 4.77. The topological polar surface area (TPSA) is 94.3 Å². The molecular weight excluding hydrogens is 457 g/mol. The van der Waals surface area contributed by atoms with Crippen LogP contribution in [0.2, 0.25) is 10.0 Å². The van der Waals surface area contributed by atoms with E-state index in [4.69, 9.17) is 33.7 Å². The summed E-state index contributed by atoms with van der Waals surface area (Å²) in [4.78, 5) is 30.4. The number of hydrogen-bond acceptors (Lipinski definition) is 6. The molecule has 6 nitrogen and oxygen atoms in total. The minimum Gasteiger partial charge on any atom is -0.465 e. The van der Waals surface area contributed by atoms with E-state index < -0.39 is 11.9 Å². The van der Waals surface area contributed by atoms with Crippen molar-refractivity contribution >= 4 is 68.0 Å². The molecule has 0 aliphatic carbocycles. The van der Waals surface area contributed by atoms with Crippen LogP contribution in [0.15, 0.2) is 54.6 Å². The Hall–Kier alpha value is -3.13. The molecule has 0 radical (unpaired) electrons. The molecule has 0 spiro atoms. The number of esters is 1. The number of carbonyl (C=O) groups excluding carboxylic acids is 2. The van der Waals surface area contributed by atoms with Crippen LogP contribution in [0.5, 0.6) is 0 Å². The predicted molar refractivity (Wildman–Crippen MR) is 125 cm³/mol.